The number of aliphatic hydroxyl groups is 1. The molecule has 3 N–H and O–H groups in total. The molecule has 2 amide bonds. The van der Waals surface area contributed by atoms with Crippen LogP contribution in [0.3, 0.4) is 0 Å². The fourth-order valence-electron chi connectivity index (χ4n) is 1.56. The Morgan fingerprint density at radius 1 is 1.55 bits per heavy atom. The van der Waals surface area contributed by atoms with Crippen LogP contribution in [-0.4, -0.2) is 46.3 Å². The summed E-state index contributed by atoms with van der Waals surface area (Å²) in [7, 11) is 1.63. The zero-order valence-corrected chi connectivity index (χ0v) is 13.6. The minimum atomic E-state index is -1.46. The first-order valence-corrected chi connectivity index (χ1v) is 7.53. The molecule has 8 heteroatoms. The number of nitrogens with zero attached hydrogens (tertiary/aromatic N) is 1. The molecule has 1 unspecified atom stereocenters. The molecule has 0 fully saturated rings. The Bertz CT molecular complexity index is 490. The van der Waals surface area contributed by atoms with Gasteiger partial charge in [-0.1, -0.05) is 0 Å². The molecule has 0 aliphatic carbocycles. The van der Waals surface area contributed by atoms with Crippen molar-refractivity contribution < 1.29 is 19.8 Å². The third kappa shape index (κ3) is 5.89. The second kappa shape index (κ2) is 7.05. The number of carbonyl (C=O) groups is 2. The third-order valence-corrected chi connectivity index (χ3v) is 4.09. The number of amides is 2. The van der Waals surface area contributed by atoms with Crippen molar-refractivity contribution >= 4 is 39.3 Å². The highest BCUT2D eigenvalue weighted by molar-refractivity contribution is 9.11. The van der Waals surface area contributed by atoms with Gasteiger partial charge in [0.2, 0.25) is 0 Å². The average molecular weight is 365 g/mol. The minimum absolute atomic E-state index is 0.115. The number of hydrogen-bond acceptors (Lipinski definition) is 4. The van der Waals surface area contributed by atoms with E-state index in [1.807, 2.05) is 11.4 Å². The molecule has 0 saturated heterocycles. The topological polar surface area (TPSA) is 89.9 Å². The van der Waals surface area contributed by atoms with Crippen LogP contribution < -0.4 is 5.32 Å². The standard InChI is InChI=1S/C12H17BrN2O4S/c1-12(19,4-10(16)17)7-14-11(18)15(2)5-8-3-9(13)20-6-8/h3,6,19H,4-5,7H2,1-2H3,(H,14,18)(H,16,17). The summed E-state index contributed by atoms with van der Waals surface area (Å²) in [5.41, 5.74) is -0.467. The smallest absolute Gasteiger partial charge is 0.317 e. The van der Waals surface area contributed by atoms with E-state index in [4.69, 9.17) is 5.11 Å². The summed E-state index contributed by atoms with van der Waals surface area (Å²) in [5, 5.41) is 22.9. The molecule has 20 heavy (non-hydrogen) atoms. The van der Waals surface area contributed by atoms with Crippen molar-refractivity contribution in [2.75, 3.05) is 13.6 Å². The van der Waals surface area contributed by atoms with Crippen LogP contribution in [-0.2, 0) is 11.3 Å². The van der Waals surface area contributed by atoms with Crippen LogP contribution in [0.2, 0.25) is 0 Å². The maximum Gasteiger partial charge on any atom is 0.317 e. The molecule has 0 aromatic carbocycles. The van der Waals surface area contributed by atoms with Crippen molar-refractivity contribution in [2.24, 2.45) is 0 Å². The highest BCUT2D eigenvalue weighted by atomic mass is 79.9. The monoisotopic (exact) mass is 364 g/mol. The van der Waals surface area contributed by atoms with Gasteiger partial charge in [-0.25, -0.2) is 4.79 Å². The molecular weight excluding hydrogens is 348 g/mol. The van der Waals surface area contributed by atoms with Crippen molar-refractivity contribution in [1.82, 2.24) is 10.2 Å². The van der Waals surface area contributed by atoms with E-state index in [1.54, 1.807) is 7.05 Å². The molecule has 0 bridgehead atoms. The number of aliphatic carboxylic acids is 1. The third-order valence-electron chi connectivity index (χ3n) is 2.54. The Morgan fingerprint density at radius 2 is 2.20 bits per heavy atom. The Balaban J connectivity index is 2.44. The van der Waals surface area contributed by atoms with E-state index >= 15 is 0 Å². The van der Waals surface area contributed by atoms with E-state index in [9.17, 15) is 14.7 Å². The Labute approximate surface area is 129 Å². The summed E-state index contributed by atoms with van der Waals surface area (Å²) in [6.07, 6.45) is -0.422. The number of carbonyl (C=O) groups excluding carboxylic acids is 1. The molecule has 0 radical (unpaired) electrons. The van der Waals surface area contributed by atoms with E-state index in [1.165, 1.54) is 23.2 Å². The largest absolute Gasteiger partial charge is 0.481 e. The van der Waals surface area contributed by atoms with Crippen molar-refractivity contribution in [3.05, 3.63) is 20.8 Å². The number of carboxylic acids is 1. The van der Waals surface area contributed by atoms with Gasteiger partial charge in [0, 0.05) is 20.1 Å². The first-order chi connectivity index (χ1) is 9.19. The van der Waals surface area contributed by atoms with E-state index in [2.05, 4.69) is 21.2 Å². The van der Waals surface area contributed by atoms with Gasteiger partial charge in [-0.15, -0.1) is 11.3 Å². The zero-order valence-electron chi connectivity index (χ0n) is 11.2. The first-order valence-electron chi connectivity index (χ1n) is 5.86. The lowest BCUT2D eigenvalue weighted by Gasteiger charge is -2.24. The van der Waals surface area contributed by atoms with Gasteiger partial charge in [0.1, 0.15) is 0 Å². The summed E-state index contributed by atoms with van der Waals surface area (Å²) in [6.45, 7) is 1.70. The summed E-state index contributed by atoms with van der Waals surface area (Å²) in [5.74, 6) is -1.11. The van der Waals surface area contributed by atoms with Crippen LogP contribution >= 0.6 is 27.3 Å². The lowest BCUT2D eigenvalue weighted by molar-refractivity contribution is -0.141. The highest BCUT2D eigenvalue weighted by Crippen LogP contribution is 2.21. The van der Waals surface area contributed by atoms with Gasteiger partial charge in [-0.2, -0.15) is 0 Å². The zero-order chi connectivity index (χ0) is 15.3. The van der Waals surface area contributed by atoms with Crippen molar-refractivity contribution in [3.63, 3.8) is 0 Å². The molecular formula is C12H17BrN2O4S. The number of carboxylic acid groups (broad SMARTS) is 1. The predicted octanol–water partition coefficient (Wildman–Crippen LogP) is 1.88. The van der Waals surface area contributed by atoms with Gasteiger partial charge in [-0.3, -0.25) is 4.79 Å². The number of nitrogens with one attached hydrogen (secondary N) is 1. The number of urea groups is 1. The van der Waals surface area contributed by atoms with Gasteiger partial charge < -0.3 is 20.4 Å². The number of thiophene rings is 1. The molecule has 0 aliphatic rings. The summed E-state index contributed by atoms with van der Waals surface area (Å²) in [6, 6.07) is 1.56. The van der Waals surface area contributed by atoms with Crippen LogP contribution in [0.4, 0.5) is 4.79 Å². The van der Waals surface area contributed by atoms with Gasteiger partial charge in [0.15, 0.2) is 0 Å². The molecule has 0 aliphatic heterocycles. The molecule has 1 rings (SSSR count). The van der Waals surface area contributed by atoms with Crippen molar-refractivity contribution in [1.29, 1.82) is 0 Å². The fraction of sp³-hybridized carbons (Fsp3) is 0.500. The second-order valence-electron chi connectivity index (χ2n) is 4.84. The molecule has 112 valence electrons. The summed E-state index contributed by atoms with van der Waals surface area (Å²) >= 11 is 4.89. The summed E-state index contributed by atoms with van der Waals surface area (Å²) < 4.78 is 0.991. The van der Waals surface area contributed by atoms with E-state index < -0.39 is 18.0 Å². The SMILES string of the molecule is CN(Cc1csc(Br)c1)C(=O)NCC(C)(O)CC(=O)O. The maximum atomic E-state index is 11.8. The highest BCUT2D eigenvalue weighted by Gasteiger charge is 2.25. The first kappa shape index (κ1) is 16.9. The Hall–Kier alpha value is -1.12. The van der Waals surface area contributed by atoms with Crippen LogP contribution in [0.15, 0.2) is 15.2 Å². The van der Waals surface area contributed by atoms with Crippen molar-refractivity contribution in [2.45, 2.75) is 25.5 Å². The van der Waals surface area contributed by atoms with Crippen LogP contribution in [0.5, 0.6) is 0 Å². The number of rotatable bonds is 6. The molecule has 0 spiro atoms. The van der Waals surface area contributed by atoms with Gasteiger partial charge in [0.25, 0.3) is 0 Å². The van der Waals surface area contributed by atoms with Crippen LogP contribution in [0, 0.1) is 0 Å². The molecule has 1 aromatic rings. The van der Waals surface area contributed by atoms with Gasteiger partial charge in [-0.05, 0) is 39.9 Å². The lowest BCUT2D eigenvalue weighted by Crippen LogP contribution is -2.46. The molecule has 0 saturated carbocycles. The van der Waals surface area contributed by atoms with Gasteiger partial charge >= 0.3 is 12.0 Å². The average Bonchev–Trinajstić information content (AvgIpc) is 2.70. The predicted molar refractivity (Wildman–Crippen MR) is 79.8 cm³/mol. The quantitative estimate of drug-likeness (QED) is 0.718. The van der Waals surface area contributed by atoms with Crippen molar-refractivity contribution in [3.8, 4) is 0 Å². The van der Waals surface area contributed by atoms with Crippen LogP contribution in [0.1, 0.15) is 18.9 Å². The normalized spacial score (nSPS) is 13.6. The molecule has 1 aromatic heterocycles. The fourth-order valence-corrected chi connectivity index (χ4v) is 2.76. The van der Waals surface area contributed by atoms with E-state index in [-0.39, 0.29) is 12.6 Å². The Kier molecular flexibility index (Phi) is 5.97. The summed E-state index contributed by atoms with van der Waals surface area (Å²) in [4.78, 5) is 23.8. The lowest BCUT2D eigenvalue weighted by atomic mass is 10.0. The number of hydrogen-bond donors (Lipinski definition) is 3. The van der Waals surface area contributed by atoms with E-state index in [0.29, 0.717) is 6.54 Å². The molecule has 6 nitrogen and oxygen atoms in total. The second-order valence-corrected chi connectivity index (χ2v) is 7.13. The maximum absolute atomic E-state index is 11.8. The van der Waals surface area contributed by atoms with Gasteiger partial charge in [0.05, 0.1) is 15.8 Å². The Morgan fingerprint density at radius 3 is 2.70 bits per heavy atom. The van der Waals surface area contributed by atoms with E-state index in [0.717, 1.165) is 9.35 Å². The molecule has 1 atom stereocenters. The molecule has 1 heterocycles. The number of halogens is 1. The van der Waals surface area contributed by atoms with Crippen LogP contribution in [0.25, 0.3) is 0 Å². The minimum Gasteiger partial charge on any atom is -0.481 e.